The van der Waals surface area contributed by atoms with Crippen LogP contribution in [-0.4, -0.2) is 68.6 Å². The van der Waals surface area contributed by atoms with Crippen molar-refractivity contribution in [2.75, 3.05) is 13.7 Å². The van der Waals surface area contributed by atoms with Crippen molar-refractivity contribution in [3.05, 3.63) is 47.5 Å². The fourth-order valence-corrected chi connectivity index (χ4v) is 9.08. The number of ether oxygens (including phenoxy) is 1. The molecule has 2 aromatic heterocycles. The molecule has 2 bridgehead atoms. The Kier molecular flexibility index (Phi) is 6.48. The van der Waals surface area contributed by atoms with Gasteiger partial charge >= 0.3 is 6.03 Å². The van der Waals surface area contributed by atoms with E-state index in [-0.39, 0.29) is 47.8 Å². The summed E-state index contributed by atoms with van der Waals surface area (Å²) >= 11 is 0. The molecule has 2 saturated heterocycles. The lowest BCUT2D eigenvalue weighted by Gasteiger charge is -2.38. The summed E-state index contributed by atoms with van der Waals surface area (Å²) in [7, 11) is 3.66. The number of aryl methyl sites for hydroxylation is 1. The molecule has 2 aliphatic heterocycles. The van der Waals surface area contributed by atoms with Crippen LogP contribution in [0.4, 0.5) is 4.79 Å². The molecule has 4 amide bonds. The number of amides is 4. The Labute approximate surface area is 272 Å². The predicted octanol–water partition coefficient (Wildman–Crippen LogP) is 4.27. The fraction of sp³-hybridized carbons (Fsp3) is 0.500. The minimum Gasteiger partial charge on any atom is -0.494 e. The van der Waals surface area contributed by atoms with Crippen LogP contribution in [0, 0.1) is 17.8 Å². The molecule has 5 fully saturated rings. The van der Waals surface area contributed by atoms with Gasteiger partial charge in [0.25, 0.3) is 5.91 Å². The maximum Gasteiger partial charge on any atom is 0.321 e. The Balaban J connectivity index is 1.09. The molecular formula is C36H41N7O4. The summed E-state index contributed by atoms with van der Waals surface area (Å²) in [6, 6.07) is 12.4. The maximum absolute atomic E-state index is 13.8. The highest BCUT2D eigenvalue weighted by atomic mass is 16.5. The maximum atomic E-state index is 13.8. The average Bonchev–Trinajstić information content (AvgIpc) is 3.47. The highest BCUT2D eigenvalue weighted by Gasteiger charge is 2.47. The lowest BCUT2D eigenvalue weighted by Crippen LogP contribution is -2.59. The van der Waals surface area contributed by atoms with E-state index < -0.39 is 0 Å². The monoisotopic (exact) mass is 635 g/mol. The first kappa shape index (κ1) is 28.8. The summed E-state index contributed by atoms with van der Waals surface area (Å²) < 4.78 is 10.4. The third-order valence-electron chi connectivity index (χ3n) is 11.8. The van der Waals surface area contributed by atoms with Crippen LogP contribution in [0.3, 0.4) is 0 Å². The van der Waals surface area contributed by atoms with Crippen molar-refractivity contribution in [3.63, 3.8) is 0 Å². The van der Waals surface area contributed by atoms with Gasteiger partial charge in [0.2, 0.25) is 5.91 Å². The highest BCUT2D eigenvalue weighted by Crippen LogP contribution is 2.42. The number of hydrogen-bond acceptors (Lipinski definition) is 6. The summed E-state index contributed by atoms with van der Waals surface area (Å²) in [5.74, 6) is 2.35. The van der Waals surface area contributed by atoms with Crippen molar-refractivity contribution in [1.82, 2.24) is 29.7 Å². The number of imidazole rings is 1. The number of methoxy groups -OCH3 is 1. The van der Waals surface area contributed by atoms with Crippen LogP contribution in [0.2, 0.25) is 0 Å². The number of nitrogens with zero attached hydrogens (tertiary/aromatic N) is 4. The number of aromatic nitrogens is 3. The standard InChI is InChI=1S/C36H41N7O4/c1-41-32-26(12-23(15-30(32)47-2)35(45)43-17-22-8-10-27(43)31(22)37)38-33(41)29-14-21-6-5-20(13-28(21)42(29)16-18-3-4-18)19-7-9-25-24(11-19)34(44)40-36(46)39-25/h5-6,12-15,18-19,22,24-25,27,31H,3-4,7-11,16-17,37H2,1-2H3,(H2,39,40,44,46)/t19?,22?,24?,25?,27?,31-/m1/s1. The topological polar surface area (TPSA) is 137 Å². The minimum atomic E-state index is -0.382. The van der Waals surface area contributed by atoms with E-state index in [2.05, 4.69) is 44.0 Å². The first-order valence-corrected chi connectivity index (χ1v) is 17.1. The molecule has 0 radical (unpaired) electrons. The van der Waals surface area contributed by atoms with Crippen molar-refractivity contribution in [2.45, 2.75) is 75.5 Å². The molecule has 3 aliphatic carbocycles. The summed E-state index contributed by atoms with van der Waals surface area (Å²) in [4.78, 5) is 45.4. The molecule has 11 nitrogen and oxygen atoms in total. The number of carbonyl (C=O) groups is 3. The zero-order valence-electron chi connectivity index (χ0n) is 26.9. The molecule has 5 unspecified atom stereocenters. The molecular weight excluding hydrogens is 594 g/mol. The smallest absolute Gasteiger partial charge is 0.321 e. The first-order chi connectivity index (χ1) is 22.8. The Morgan fingerprint density at radius 3 is 2.66 bits per heavy atom. The molecule has 9 rings (SSSR count). The van der Waals surface area contributed by atoms with Crippen LogP contribution in [0.25, 0.3) is 33.5 Å². The Hall–Kier alpha value is -4.38. The molecule has 3 saturated carbocycles. The van der Waals surface area contributed by atoms with Crippen molar-refractivity contribution in [3.8, 4) is 17.3 Å². The summed E-state index contributed by atoms with van der Waals surface area (Å²) in [5, 5.41) is 6.55. The van der Waals surface area contributed by atoms with E-state index in [0.29, 0.717) is 29.7 Å². The number of nitrogens with two attached hydrogens (primary N) is 1. The number of fused-ring (bicyclic) bond motifs is 5. The van der Waals surface area contributed by atoms with Crippen molar-refractivity contribution in [2.24, 2.45) is 30.5 Å². The number of nitrogens with one attached hydrogen (secondary N) is 2. The summed E-state index contributed by atoms with van der Waals surface area (Å²) in [6.07, 6.45) is 6.93. The van der Waals surface area contributed by atoms with E-state index in [1.54, 1.807) is 7.11 Å². The average molecular weight is 636 g/mol. The van der Waals surface area contributed by atoms with Crippen LogP contribution < -0.4 is 21.1 Å². The zero-order valence-corrected chi connectivity index (χ0v) is 26.9. The second-order valence-corrected chi connectivity index (χ2v) is 14.6. The van der Waals surface area contributed by atoms with E-state index in [4.69, 9.17) is 15.5 Å². The molecule has 4 aromatic rings. The van der Waals surface area contributed by atoms with Crippen molar-refractivity contribution >= 4 is 39.8 Å². The van der Waals surface area contributed by atoms with Crippen molar-refractivity contribution < 1.29 is 19.1 Å². The predicted molar refractivity (Wildman–Crippen MR) is 177 cm³/mol. The van der Waals surface area contributed by atoms with E-state index in [1.807, 2.05) is 24.1 Å². The molecule has 4 N–H and O–H groups in total. The van der Waals surface area contributed by atoms with Gasteiger partial charge < -0.3 is 29.8 Å². The number of carbonyl (C=O) groups excluding carboxylic acids is 3. The normalized spacial score (nSPS) is 28.5. The first-order valence-electron chi connectivity index (χ1n) is 17.1. The Morgan fingerprint density at radius 1 is 1.06 bits per heavy atom. The lowest BCUT2D eigenvalue weighted by atomic mass is 9.74. The van der Waals surface area contributed by atoms with Crippen LogP contribution in [0.1, 0.15) is 66.8 Å². The number of hydrogen-bond donors (Lipinski definition) is 3. The van der Waals surface area contributed by atoms with Gasteiger partial charge in [0.15, 0.2) is 5.82 Å². The molecule has 47 heavy (non-hydrogen) atoms. The number of piperidine rings is 1. The highest BCUT2D eigenvalue weighted by molar-refractivity contribution is 6.01. The van der Waals surface area contributed by atoms with E-state index in [0.717, 1.165) is 66.6 Å². The van der Waals surface area contributed by atoms with Crippen LogP contribution in [0.15, 0.2) is 36.4 Å². The van der Waals surface area contributed by atoms with Crippen LogP contribution in [-0.2, 0) is 18.4 Å². The number of benzene rings is 2. The Morgan fingerprint density at radius 2 is 1.91 bits per heavy atom. The van der Waals surface area contributed by atoms with E-state index >= 15 is 0 Å². The molecule has 244 valence electrons. The number of rotatable bonds is 6. The lowest BCUT2D eigenvalue weighted by molar-refractivity contribution is -0.127. The van der Waals surface area contributed by atoms with Crippen LogP contribution >= 0.6 is 0 Å². The van der Waals surface area contributed by atoms with E-state index in [1.165, 1.54) is 23.9 Å². The SMILES string of the molecule is COc1cc(C(=O)N2CC3CCC2[C@@H]3N)cc2nc(-c3cc4ccc(C5CCC6NC(=O)NC(=O)C6C5)cc4n3CC3CC3)n(C)c12. The van der Waals surface area contributed by atoms with Gasteiger partial charge in [-0.2, -0.15) is 0 Å². The fourth-order valence-electron chi connectivity index (χ4n) is 9.08. The van der Waals surface area contributed by atoms with Gasteiger partial charge in [-0.25, -0.2) is 9.78 Å². The number of urea groups is 1. The van der Waals surface area contributed by atoms with Gasteiger partial charge in [-0.05, 0) is 92.5 Å². The second kappa shape index (κ2) is 10.6. The number of imide groups is 1. The van der Waals surface area contributed by atoms with Crippen LogP contribution in [0.5, 0.6) is 5.75 Å². The van der Waals surface area contributed by atoms with Gasteiger partial charge in [-0.3, -0.25) is 14.9 Å². The third kappa shape index (κ3) is 4.57. The molecule has 4 heterocycles. The third-order valence-corrected chi connectivity index (χ3v) is 11.8. The summed E-state index contributed by atoms with van der Waals surface area (Å²) in [6.45, 7) is 1.63. The van der Waals surface area contributed by atoms with Crippen molar-refractivity contribution in [1.29, 1.82) is 0 Å². The number of likely N-dealkylation sites (tertiary alicyclic amines) is 1. The molecule has 11 heteroatoms. The molecule has 2 aromatic carbocycles. The molecule has 6 atom stereocenters. The minimum absolute atomic E-state index is 0.00227. The molecule has 0 spiro atoms. The zero-order chi connectivity index (χ0) is 32.1. The van der Waals surface area contributed by atoms with Gasteiger partial charge in [0.05, 0.1) is 24.2 Å². The van der Waals surface area contributed by atoms with E-state index in [9.17, 15) is 14.4 Å². The quantitative estimate of drug-likeness (QED) is 0.290. The Bertz CT molecular complexity index is 1970. The second-order valence-electron chi connectivity index (χ2n) is 14.6. The summed E-state index contributed by atoms with van der Waals surface area (Å²) in [5.41, 5.74) is 12.0. The van der Waals surface area contributed by atoms with Gasteiger partial charge in [0.1, 0.15) is 11.3 Å². The largest absolute Gasteiger partial charge is 0.494 e. The van der Waals surface area contributed by atoms with Gasteiger partial charge in [0, 0.05) is 54.7 Å². The van der Waals surface area contributed by atoms with Gasteiger partial charge in [-0.1, -0.05) is 12.1 Å². The molecule has 5 aliphatic rings. The van der Waals surface area contributed by atoms with Gasteiger partial charge in [-0.15, -0.1) is 0 Å².